The molecule has 0 aliphatic heterocycles. The maximum atomic E-state index is 11.6. The molecule has 8 rings (SSSR count). The lowest BCUT2D eigenvalue weighted by atomic mass is 9.94. The van der Waals surface area contributed by atoms with Crippen molar-refractivity contribution in [1.29, 1.82) is 0 Å². The van der Waals surface area contributed by atoms with Crippen molar-refractivity contribution >= 4 is 99.3 Å². The Labute approximate surface area is 465 Å². The molecule has 81 heavy (non-hydrogen) atoms. The number of fused-ring (bicyclic) bond motifs is 1. The molecule has 0 aromatic heterocycles. The maximum absolute atomic E-state index is 11.6. The first kappa shape index (κ1) is 55.1. The molecule has 0 saturated heterocycles. The van der Waals surface area contributed by atoms with Crippen molar-refractivity contribution in [2.75, 3.05) is 12.0 Å². The molecule has 14 nitrogen and oxygen atoms in total. The van der Waals surface area contributed by atoms with Gasteiger partial charge < -0.3 is 30.1 Å². The summed E-state index contributed by atoms with van der Waals surface area (Å²) in [4.78, 5) is 61.0. The summed E-state index contributed by atoms with van der Waals surface area (Å²) in [6.07, 6.45) is 9.16. The van der Waals surface area contributed by atoms with Crippen molar-refractivity contribution in [1.82, 2.24) is 0 Å². The molecule has 0 heterocycles. The van der Waals surface area contributed by atoms with Gasteiger partial charge in [0.25, 0.3) is 22.8 Å². The second-order valence-electron chi connectivity index (χ2n) is 17.8. The van der Waals surface area contributed by atoms with Crippen LogP contribution in [0.25, 0.3) is 77.8 Å². The predicted octanol–water partition coefficient (Wildman–Crippen LogP) is 14.9. The van der Waals surface area contributed by atoms with Gasteiger partial charge in [0.05, 0.1) is 33.4 Å². The van der Waals surface area contributed by atoms with Crippen molar-refractivity contribution < 1.29 is 44.3 Å². The lowest BCUT2D eigenvalue weighted by Gasteiger charge is -2.26. The molecule has 0 saturated carbocycles. The molecule has 0 aliphatic carbocycles. The number of carboxylic acids is 4. The van der Waals surface area contributed by atoms with E-state index in [1.165, 1.54) is 24.3 Å². The van der Waals surface area contributed by atoms with Crippen molar-refractivity contribution in [3.8, 4) is 5.75 Å². The van der Waals surface area contributed by atoms with Gasteiger partial charge in [-0.3, -0.25) is 19.2 Å². The van der Waals surface area contributed by atoms with Crippen LogP contribution in [-0.4, -0.2) is 51.4 Å². The highest BCUT2D eigenvalue weighted by molar-refractivity contribution is 5.99. The summed E-state index contributed by atoms with van der Waals surface area (Å²) in [5.74, 6) is -4.62. The lowest BCUT2D eigenvalue weighted by Crippen LogP contribution is -2.10. The van der Waals surface area contributed by atoms with Gasteiger partial charge in [-0.05, 0) is 163 Å². The second-order valence-corrected chi connectivity index (χ2v) is 17.8. The molecule has 14 heteroatoms. The highest BCUT2D eigenvalue weighted by atomic mass is 16.5. The van der Waals surface area contributed by atoms with Gasteiger partial charge in [0.15, 0.2) is 0 Å². The van der Waals surface area contributed by atoms with E-state index in [4.69, 9.17) is 31.0 Å². The van der Waals surface area contributed by atoms with Gasteiger partial charge in [-0.1, -0.05) is 133 Å². The number of carbonyl (C=O) groups is 4. The molecule has 0 aliphatic rings. The molecule has 0 radical (unpaired) electrons. The molecule has 0 spiro atoms. The monoisotopic (exact) mass is 1060 g/mol. The van der Waals surface area contributed by atoms with E-state index in [2.05, 4.69) is 30.3 Å². The van der Waals surface area contributed by atoms with E-state index in [1.54, 1.807) is 55.6 Å². The van der Waals surface area contributed by atoms with E-state index >= 15 is 0 Å². The van der Waals surface area contributed by atoms with E-state index in [9.17, 15) is 39.6 Å². The van der Waals surface area contributed by atoms with Crippen LogP contribution in [0.3, 0.4) is 0 Å². The van der Waals surface area contributed by atoms with E-state index in [0.29, 0.717) is 22.3 Å². The number of carboxylic acid groups (broad SMARTS) is 4. The van der Waals surface area contributed by atoms with E-state index in [0.717, 1.165) is 78.1 Å². The quantitative estimate of drug-likeness (QED) is 0.0367. The fourth-order valence-electron chi connectivity index (χ4n) is 8.60. The van der Waals surface area contributed by atoms with E-state index in [1.807, 2.05) is 140 Å². The fourth-order valence-corrected chi connectivity index (χ4v) is 8.60. The molecule has 8 aromatic carbocycles. The van der Waals surface area contributed by atoms with Crippen LogP contribution < -0.4 is 9.64 Å². The number of anilines is 3. The average molecular weight is 1060 g/mol. The largest absolute Gasteiger partial charge is 0.497 e. The van der Waals surface area contributed by atoms with Crippen LogP contribution in [0.15, 0.2) is 205 Å². The van der Waals surface area contributed by atoms with Crippen LogP contribution in [0, 0.1) is 26.3 Å². The van der Waals surface area contributed by atoms with Gasteiger partial charge in [-0.2, -0.15) is 0 Å². The number of benzene rings is 8. The average Bonchev–Trinajstić information content (AvgIpc) is 3.65. The van der Waals surface area contributed by atoms with Crippen LogP contribution in [0.2, 0.25) is 0 Å². The number of hydrogen-bond donors (Lipinski definition) is 4. The SMILES string of the molecule is [C-]#[N+]/C(=C\c1ccc(C(=Cc2ccc(N(c3ccc(C=C(c4ccc(/C=C(\[N+]#[C-])C(=O)O)cc4)c4ccc(/C=C(\[N+]#[C-])C(=O)O)cc4)cc3)c3ccc4cc(OC)ccc4c3)cc2)c2ccc(/C=C(\[N+]#[C-])C(=O)O)cc2)cc1)C(=O)O. The minimum absolute atomic E-state index is 0.430. The van der Waals surface area contributed by atoms with Crippen LogP contribution in [0.1, 0.15) is 55.6 Å². The van der Waals surface area contributed by atoms with Crippen molar-refractivity contribution in [3.63, 3.8) is 0 Å². The third-order valence-corrected chi connectivity index (χ3v) is 12.7. The van der Waals surface area contributed by atoms with Crippen molar-refractivity contribution in [3.05, 3.63) is 306 Å². The molecule has 8 aromatic rings. The summed E-state index contributed by atoms with van der Waals surface area (Å²) in [5, 5.41) is 39.8. The zero-order valence-corrected chi connectivity index (χ0v) is 42.9. The third-order valence-electron chi connectivity index (χ3n) is 12.7. The molecular weight excluding hydrogens is 1020 g/mol. The molecule has 0 amide bonds. The smallest absolute Gasteiger partial charge is 0.333 e. The fraction of sp³-hybridized carbons (Fsp3) is 0.0149. The number of rotatable bonds is 18. The Kier molecular flexibility index (Phi) is 17.1. The minimum Gasteiger partial charge on any atom is -0.497 e. The zero-order chi connectivity index (χ0) is 57.6. The number of ether oxygens (including phenoxy) is 1. The van der Waals surface area contributed by atoms with Crippen molar-refractivity contribution in [2.24, 2.45) is 0 Å². The molecule has 4 N–H and O–H groups in total. The minimum atomic E-state index is -1.34. The first-order valence-corrected chi connectivity index (χ1v) is 24.4. The summed E-state index contributed by atoms with van der Waals surface area (Å²) in [7, 11) is 1.62. The molecule has 0 fully saturated rings. The number of aliphatic carboxylic acids is 4. The third kappa shape index (κ3) is 13.5. The van der Waals surface area contributed by atoms with Crippen LogP contribution in [0.4, 0.5) is 17.1 Å². The highest BCUT2D eigenvalue weighted by Gasteiger charge is 2.17. The normalized spacial score (nSPS) is 11.4. The van der Waals surface area contributed by atoms with Gasteiger partial charge in [0.1, 0.15) is 5.75 Å². The summed E-state index contributed by atoms with van der Waals surface area (Å²) in [6.45, 7) is 29.1. The van der Waals surface area contributed by atoms with Gasteiger partial charge in [-0.25, -0.2) is 19.4 Å². The molecular formula is C67H43N5O9. The Morgan fingerprint density at radius 3 is 0.901 bits per heavy atom. The first-order valence-electron chi connectivity index (χ1n) is 24.4. The van der Waals surface area contributed by atoms with Gasteiger partial charge in [-0.15, -0.1) is 0 Å². The lowest BCUT2D eigenvalue weighted by molar-refractivity contribution is -0.133. The molecule has 0 unspecified atom stereocenters. The maximum Gasteiger partial charge on any atom is 0.333 e. The second kappa shape index (κ2) is 25.2. The number of hydrogen-bond acceptors (Lipinski definition) is 6. The Morgan fingerprint density at radius 1 is 0.358 bits per heavy atom. The summed E-state index contributed by atoms with van der Waals surface area (Å²) >= 11 is 0. The Bertz CT molecular complexity index is 3740. The van der Waals surface area contributed by atoms with Crippen molar-refractivity contribution in [2.45, 2.75) is 0 Å². The Hall–Kier alpha value is -12.1. The molecule has 0 bridgehead atoms. The summed E-state index contributed by atoms with van der Waals surface area (Å²) < 4.78 is 5.51. The number of nitrogens with zero attached hydrogens (tertiary/aromatic N) is 5. The summed E-state index contributed by atoms with van der Waals surface area (Å²) in [5.41, 5.74) is 9.06. The summed E-state index contributed by atoms with van der Waals surface area (Å²) in [6, 6.07) is 56.2. The molecule has 390 valence electrons. The van der Waals surface area contributed by atoms with Gasteiger partial charge >= 0.3 is 23.9 Å². The highest BCUT2D eigenvalue weighted by Crippen LogP contribution is 2.39. The van der Waals surface area contributed by atoms with Gasteiger partial charge in [0, 0.05) is 17.1 Å². The Balaban J connectivity index is 1.21. The van der Waals surface area contributed by atoms with Crippen LogP contribution in [-0.2, 0) is 19.2 Å². The topological polar surface area (TPSA) is 179 Å². The Morgan fingerprint density at radius 2 is 0.617 bits per heavy atom. The first-order chi connectivity index (χ1) is 39.2. The zero-order valence-electron chi connectivity index (χ0n) is 42.9. The molecule has 0 atom stereocenters. The number of methoxy groups -OCH3 is 1. The van der Waals surface area contributed by atoms with Crippen LogP contribution in [0.5, 0.6) is 5.75 Å². The van der Waals surface area contributed by atoms with Gasteiger partial charge in [0.2, 0.25) is 0 Å². The standard InChI is InChI=1S/C67H43N5O9/c1-68-60(64(73)74)36-44-6-18-48(19-7-44)58(49-20-8-45(9-21-49)37-61(69-2)65(75)76)34-42-14-28-54(29-15-42)72(56-32-26-53-41-57(81-5)33-27-52(53)40-56)55-30-16-43(17-31-55)35-59(50-22-10-46(11-23-50)38-62(70-3)66(77)78)51-24-12-47(13-25-51)39-63(71-4)67(79)80/h6-41H,5H3,(H,73,74)(H,75,76)(H,77,78)(H,79,80)/b60-36-,61-37-,62-38-,63-39-. The van der Waals surface area contributed by atoms with Crippen LogP contribution >= 0.6 is 0 Å². The van der Waals surface area contributed by atoms with E-state index in [-0.39, 0.29) is 0 Å². The van der Waals surface area contributed by atoms with E-state index < -0.39 is 46.7 Å². The predicted molar refractivity (Wildman–Crippen MR) is 314 cm³/mol.